The molecule has 0 saturated heterocycles. The molecule has 92 valence electrons. The molecular weight excluding hydrogens is 214 g/mol. The Balaban J connectivity index is 1.73. The minimum absolute atomic E-state index is 0.337. The van der Waals surface area contributed by atoms with E-state index in [4.69, 9.17) is 5.73 Å². The van der Waals surface area contributed by atoms with Crippen LogP contribution in [0.5, 0.6) is 0 Å². The van der Waals surface area contributed by atoms with E-state index in [0.717, 1.165) is 11.0 Å². The van der Waals surface area contributed by atoms with Gasteiger partial charge in [0.15, 0.2) is 0 Å². The fourth-order valence-electron chi connectivity index (χ4n) is 2.78. The molecular formula is C14H25NS. The minimum atomic E-state index is 0.337. The first-order chi connectivity index (χ1) is 7.86. The van der Waals surface area contributed by atoms with Gasteiger partial charge in [0.2, 0.25) is 0 Å². The second kappa shape index (κ2) is 6.70. The molecule has 2 rings (SSSR count). The maximum absolute atomic E-state index is 6.31. The van der Waals surface area contributed by atoms with Gasteiger partial charge in [0.25, 0.3) is 0 Å². The van der Waals surface area contributed by atoms with Crippen LogP contribution in [0.2, 0.25) is 0 Å². The standard InChI is InChI=1S/C14H25NS/c15-14(11-16-13-9-5-6-10-13)12-7-3-1-2-4-8-12/h7,13-14H,1-6,8-11,15H2. The summed E-state index contributed by atoms with van der Waals surface area (Å²) in [6.45, 7) is 0. The normalized spacial score (nSPS) is 25.2. The maximum atomic E-state index is 6.31. The van der Waals surface area contributed by atoms with Crippen molar-refractivity contribution >= 4 is 11.8 Å². The summed E-state index contributed by atoms with van der Waals surface area (Å²) in [6.07, 6.45) is 14.8. The number of nitrogens with two attached hydrogens (primary N) is 1. The predicted molar refractivity (Wildman–Crippen MR) is 73.9 cm³/mol. The van der Waals surface area contributed by atoms with Crippen LogP contribution in [0, 0.1) is 0 Å². The van der Waals surface area contributed by atoms with Crippen LogP contribution in [0.15, 0.2) is 11.6 Å². The highest BCUT2D eigenvalue weighted by Crippen LogP contribution is 2.31. The molecule has 0 radical (unpaired) electrons. The van der Waals surface area contributed by atoms with Crippen LogP contribution in [-0.4, -0.2) is 17.0 Å². The molecule has 0 aliphatic heterocycles. The molecule has 2 heteroatoms. The fourth-order valence-corrected chi connectivity index (χ4v) is 4.14. The molecule has 2 aliphatic carbocycles. The van der Waals surface area contributed by atoms with Gasteiger partial charge in [-0.3, -0.25) is 0 Å². The van der Waals surface area contributed by atoms with Gasteiger partial charge >= 0.3 is 0 Å². The van der Waals surface area contributed by atoms with E-state index in [-0.39, 0.29) is 0 Å². The van der Waals surface area contributed by atoms with Gasteiger partial charge in [0.1, 0.15) is 0 Å². The summed E-state index contributed by atoms with van der Waals surface area (Å²) in [6, 6.07) is 0.337. The van der Waals surface area contributed by atoms with Gasteiger partial charge in [-0.2, -0.15) is 11.8 Å². The zero-order valence-electron chi connectivity index (χ0n) is 10.3. The Bertz CT molecular complexity index is 231. The van der Waals surface area contributed by atoms with Crippen molar-refractivity contribution in [1.82, 2.24) is 0 Å². The number of hydrogen-bond acceptors (Lipinski definition) is 2. The van der Waals surface area contributed by atoms with E-state index in [1.54, 1.807) is 5.57 Å². The van der Waals surface area contributed by atoms with Gasteiger partial charge < -0.3 is 5.73 Å². The molecule has 1 unspecified atom stereocenters. The van der Waals surface area contributed by atoms with Crippen LogP contribution in [0.3, 0.4) is 0 Å². The zero-order valence-corrected chi connectivity index (χ0v) is 11.1. The summed E-state index contributed by atoms with van der Waals surface area (Å²) >= 11 is 2.13. The van der Waals surface area contributed by atoms with E-state index < -0.39 is 0 Å². The van der Waals surface area contributed by atoms with Gasteiger partial charge in [0, 0.05) is 17.0 Å². The molecule has 1 nitrogen and oxygen atoms in total. The molecule has 0 amide bonds. The highest BCUT2D eigenvalue weighted by Gasteiger charge is 2.18. The van der Waals surface area contributed by atoms with Gasteiger partial charge in [0.05, 0.1) is 0 Å². The Labute approximate surface area is 104 Å². The monoisotopic (exact) mass is 239 g/mol. The molecule has 16 heavy (non-hydrogen) atoms. The number of allylic oxidation sites excluding steroid dienone is 1. The van der Waals surface area contributed by atoms with Crippen molar-refractivity contribution in [2.75, 3.05) is 5.75 Å². The summed E-state index contributed by atoms with van der Waals surface area (Å²) in [5.41, 5.74) is 7.85. The second-order valence-electron chi connectivity index (χ2n) is 5.22. The van der Waals surface area contributed by atoms with Crippen LogP contribution < -0.4 is 5.73 Å². The Kier molecular flexibility index (Phi) is 5.24. The van der Waals surface area contributed by atoms with E-state index >= 15 is 0 Å². The highest BCUT2D eigenvalue weighted by molar-refractivity contribution is 7.99. The quantitative estimate of drug-likeness (QED) is 0.753. The molecule has 0 aromatic rings. The molecule has 2 N–H and O–H groups in total. The van der Waals surface area contributed by atoms with Crippen molar-refractivity contribution in [3.63, 3.8) is 0 Å². The molecule has 0 heterocycles. The highest BCUT2D eigenvalue weighted by atomic mass is 32.2. The van der Waals surface area contributed by atoms with Gasteiger partial charge in [-0.05, 0) is 38.5 Å². The first kappa shape index (κ1) is 12.5. The summed E-state index contributed by atoms with van der Waals surface area (Å²) in [5, 5.41) is 0.914. The second-order valence-corrected chi connectivity index (χ2v) is 6.56. The van der Waals surface area contributed by atoms with E-state index in [9.17, 15) is 0 Å². The predicted octanol–water partition coefficient (Wildman–Crippen LogP) is 3.88. The van der Waals surface area contributed by atoms with Crippen LogP contribution in [0.25, 0.3) is 0 Å². The van der Waals surface area contributed by atoms with Crippen molar-refractivity contribution in [1.29, 1.82) is 0 Å². The minimum Gasteiger partial charge on any atom is -0.324 e. The molecule has 0 aromatic carbocycles. The smallest absolute Gasteiger partial charge is 0.0345 e. The van der Waals surface area contributed by atoms with Gasteiger partial charge in [-0.1, -0.05) is 30.9 Å². The lowest BCUT2D eigenvalue weighted by Crippen LogP contribution is -2.26. The summed E-state index contributed by atoms with van der Waals surface area (Å²) in [4.78, 5) is 0. The van der Waals surface area contributed by atoms with Crippen molar-refractivity contribution in [2.24, 2.45) is 5.73 Å². The van der Waals surface area contributed by atoms with Crippen LogP contribution in [-0.2, 0) is 0 Å². The van der Waals surface area contributed by atoms with Gasteiger partial charge in [-0.15, -0.1) is 0 Å². The van der Waals surface area contributed by atoms with E-state index in [1.807, 2.05) is 0 Å². The van der Waals surface area contributed by atoms with Crippen LogP contribution >= 0.6 is 11.8 Å². The number of rotatable bonds is 4. The third-order valence-electron chi connectivity index (χ3n) is 3.87. The Morgan fingerprint density at radius 2 is 2.00 bits per heavy atom. The third-order valence-corrected chi connectivity index (χ3v) is 5.36. The van der Waals surface area contributed by atoms with Crippen molar-refractivity contribution in [2.45, 2.75) is 69.1 Å². The Morgan fingerprint density at radius 1 is 1.19 bits per heavy atom. The van der Waals surface area contributed by atoms with Crippen LogP contribution in [0.4, 0.5) is 0 Å². The molecule has 1 fully saturated rings. The maximum Gasteiger partial charge on any atom is 0.0345 e. The molecule has 0 aromatic heterocycles. The molecule has 2 aliphatic rings. The molecule has 0 spiro atoms. The largest absolute Gasteiger partial charge is 0.324 e. The average Bonchev–Trinajstić information content (AvgIpc) is 2.66. The van der Waals surface area contributed by atoms with Crippen LogP contribution in [0.1, 0.15) is 57.8 Å². The van der Waals surface area contributed by atoms with E-state index in [2.05, 4.69) is 17.8 Å². The first-order valence-electron chi connectivity index (χ1n) is 6.92. The SMILES string of the molecule is NC(CSC1CCCC1)C1=CCCCCC1. The fraction of sp³-hybridized carbons (Fsp3) is 0.857. The lowest BCUT2D eigenvalue weighted by atomic mass is 10.0. The first-order valence-corrected chi connectivity index (χ1v) is 7.97. The zero-order chi connectivity index (χ0) is 11.2. The lowest BCUT2D eigenvalue weighted by molar-refractivity contribution is 0.692. The molecule has 1 atom stereocenters. The van der Waals surface area contributed by atoms with Gasteiger partial charge in [-0.25, -0.2) is 0 Å². The molecule has 1 saturated carbocycles. The van der Waals surface area contributed by atoms with E-state index in [1.165, 1.54) is 57.8 Å². The number of hydrogen-bond donors (Lipinski definition) is 1. The number of thioether (sulfide) groups is 1. The van der Waals surface area contributed by atoms with Crippen molar-refractivity contribution in [3.8, 4) is 0 Å². The summed E-state index contributed by atoms with van der Waals surface area (Å²) in [7, 11) is 0. The lowest BCUT2D eigenvalue weighted by Gasteiger charge is -2.17. The Hall–Kier alpha value is 0.0500. The summed E-state index contributed by atoms with van der Waals surface area (Å²) in [5.74, 6) is 1.15. The summed E-state index contributed by atoms with van der Waals surface area (Å²) < 4.78 is 0. The topological polar surface area (TPSA) is 26.0 Å². The average molecular weight is 239 g/mol. The van der Waals surface area contributed by atoms with Crippen molar-refractivity contribution in [3.05, 3.63) is 11.6 Å². The Morgan fingerprint density at radius 3 is 2.81 bits per heavy atom. The third kappa shape index (κ3) is 3.81. The van der Waals surface area contributed by atoms with E-state index in [0.29, 0.717) is 6.04 Å². The van der Waals surface area contributed by atoms with Crippen molar-refractivity contribution < 1.29 is 0 Å². The molecule has 0 bridgehead atoms.